The van der Waals surface area contributed by atoms with E-state index in [4.69, 9.17) is 4.74 Å². The quantitative estimate of drug-likeness (QED) is 0.907. The van der Waals surface area contributed by atoms with Gasteiger partial charge in [0.15, 0.2) is 9.84 Å². The van der Waals surface area contributed by atoms with Crippen molar-refractivity contribution in [2.45, 2.75) is 62.1 Å². The number of sulfone groups is 1. The summed E-state index contributed by atoms with van der Waals surface area (Å²) >= 11 is 0. The molecule has 1 spiro atoms. The van der Waals surface area contributed by atoms with Gasteiger partial charge in [-0.2, -0.15) is 0 Å². The molecule has 3 aliphatic rings. The SMILES string of the molecule is C[C@H](N[C@@H]1[C@H]2CCO[C@@H]2C12CCCC2)c1ccc(S(C)(=O)=O)cc1. The second kappa shape index (κ2) is 5.82. The molecule has 4 atom stereocenters. The van der Waals surface area contributed by atoms with E-state index >= 15 is 0 Å². The van der Waals surface area contributed by atoms with Crippen LogP contribution in [0.5, 0.6) is 0 Å². The number of ether oxygens (including phenoxy) is 1. The lowest BCUT2D eigenvalue weighted by Crippen LogP contribution is -2.67. The Morgan fingerprint density at radius 1 is 1.21 bits per heavy atom. The molecule has 0 radical (unpaired) electrons. The van der Waals surface area contributed by atoms with E-state index in [0.29, 0.717) is 28.4 Å². The fraction of sp³-hybridized carbons (Fsp3) is 0.684. The monoisotopic (exact) mass is 349 g/mol. The topological polar surface area (TPSA) is 55.4 Å². The zero-order valence-electron chi connectivity index (χ0n) is 14.5. The first-order chi connectivity index (χ1) is 11.4. The molecule has 132 valence electrons. The van der Waals surface area contributed by atoms with Gasteiger partial charge in [0, 0.05) is 36.3 Å². The molecule has 2 aliphatic carbocycles. The Morgan fingerprint density at radius 3 is 2.50 bits per heavy atom. The predicted octanol–water partition coefficient (Wildman–Crippen LogP) is 3.09. The molecule has 4 rings (SSSR count). The highest BCUT2D eigenvalue weighted by atomic mass is 32.2. The summed E-state index contributed by atoms with van der Waals surface area (Å²) < 4.78 is 29.3. The molecule has 3 fully saturated rings. The van der Waals surface area contributed by atoms with Gasteiger partial charge in [-0.15, -0.1) is 0 Å². The molecule has 5 heteroatoms. The first kappa shape index (κ1) is 16.6. The number of nitrogens with one attached hydrogen (secondary N) is 1. The molecule has 1 aromatic rings. The Labute approximate surface area is 144 Å². The standard InChI is InChI=1S/C19H27NO3S/c1-13(14-5-7-15(8-6-14)24(2,21)22)20-17-16-9-12-23-18(16)19(17)10-3-4-11-19/h5-8,13,16-18,20H,3-4,9-12H2,1-2H3/t13-,16+,17+,18-/m0/s1. The van der Waals surface area contributed by atoms with E-state index < -0.39 is 9.84 Å². The van der Waals surface area contributed by atoms with Gasteiger partial charge in [-0.1, -0.05) is 25.0 Å². The Balaban J connectivity index is 1.50. The van der Waals surface area contributed by atoms with Crippen molar-refractivity contribution in [2.24, 2.45) is 11.3 Å². The second-order valence-corrected chi connectivity index (χ2v) is 9.91. The van der Waals surface area contributed by atoms with Crippen LogP contribution in [0.4, 0.5) is 0 Å². The lowest BCUT2D eigenvalue weighted by atomic mass is 9.54. The van der Waals surface area contributed by atoms with Crippen LogP contribution in [0.3, 0.4) is 0 Å². The fourth-order valence-electron chi connectivity index (χ4n) is 5.31. The number of rotatable bonds is 4. The Bertz CT molecular complexity index is 707. The van der Waals surface area contributed by atoms with Crippen LogP contribution in [0.15, 0.2) is 29.2 Å². The molecular weight excluding hydrogens is 322 g/mol. The first-order valence-electron chi connectivity index (χ1n) is 9.09. The minimum Gasteiger partial charge on any atom is -0.377 e. The molecule has 4 nitrogen and oxygen atoms in total. The van der Waals surface area contributed by atoms with Crippen LogP contribution in [-0.2, 0) is 14.6 Å². The summed E-state index contributed by atoms with van der Waals surface area (Å²) in [6.45, 7) is 3.09. The number of hydrogen-bond donors (Lipinski definition) is 1. The molecule has 0 bridgehead atoms. The lowest BCUT2D eigenvalue weighted by molar-refractivity contribution is -0.132. The summed E-state index contributed by atoms with van der Waals surface area (Å²) in [6.07, 6.45) is 8.10. The zero-order chi connectivity index (χ0) is 16.9. The maximum atomic E-state index is 11.6. The molecule has 0 amide bonds. The highest BCUT2D eigenvalue weighted by molar-refractivity contribution is 7.90. The van der Waals surface area contributed by atoms with Crippen molar-refractivity contribution >= 4 is 9.84 Å². The van der Waals surface area contributed by atoms with Crippen molar-refractivity contribution in [1.82, 2.24) is 5.32 Å². The molecule has 1 saturated heterocycles. The normalized spacial score (nSPS) is 32.5. The van der Waals surface area contributed by atoms with Crippen LogP contribution in [0, 0.1) is 11.3 Å². The molecular formula is C19H27NO3S. The number of fused-ring (bicyclic) bond motifs is 2. The molecule has 1 N–H and O–H groups in total. The molecule has 0 aromatic heterocycles. The van der Waals surface area contributed by atoms with E-state index in [1.165, 1.54) is 38.4 Å². The van der Waals surface area contributed by atoms with Crippen LogP contribution in [0.25, 0.3) is 0 Å². The van der Waals surface area contributed by atoms with Crippen molar-refractivity contribution in [1.29, 1.82) is 0 Å². The van der Waals surface area contributed by atoms with Crippen molar-refractivity contribution in [3.8, 4) is 0 Å². The van der Waals surface area contributed by atoms with Crippen molar-refractivity contribution in [2.75, 3.05) is 12.9 Å². The van der Waals surface area contributed by atoms with E-state index in [1.54, 1.807) is 12.1 Å². The maximum absolute atomic E-state index is 11.6. The zero-order valence-corrected chi connectivity index (χ0v) is 15.3. The van der Waals surface area contributed by atoms with Gasteiger partial charge in [0.1, 0.15) is 0 Å². The van der Waals surface area contributed by atoms with E-state index in [-0.39, 0.29) is 6.04 Å². The summed E-state index contributed by atoms with van der Waals surface area (Å²) in [5, 5.41) is 3.87. The second-order valence-electron chi connectivity index (χ2n) is 7.89. The van der Waals surface area contributed by atoms with Gasteiger partial charge in [0.05, 0.1) is 11.0 Å². The largest absolute Gasteiger partial charge is 0.377 e. The van der Waals surface area contributed by atoms with Crippen molar-refractivity contribution in [3.63, 3.8) is 0 Å². The Kier molecular flexibility index (Phi) is 4.01. The predicted molar refractivity (Wildman–Crippen MR) is 93.6 cm³/mol. The van der Waals surface area contributed by atoms with Gasteiger partial charge in [0.25, 0.3) is 0 Å². The Hall–Kier alpha value is -0.910. The smallest absolute Gasteiger partial charge is 0.175 e. The van der Waals surface area contributed by atoms with Crippen LogP contribution in [-0.4, -0.2) is 33.4 Å². The maximum Gasteiger partial charge on any atom is 0.175 e. The number of benzene rings is 1. The third-order valence-corrected chi connectivity index (χ3v) is 7.65. The minimum absolute atomic E-state index is 0.225. The highest BCUT2D eigenvalue weighted by Gasteiger charge is 2.64. The van der Waals surface area contributed by atoms with Gasteiger partial charge >= 0.3 is 0 Å². The average molecular weight is 349 g/mol. The van der Waals surface area contributed by atoms with E-state index in [0.717, 1.165) is 12.2 Å². The fourth-order valence-corrected chi connectivity index (χ4v) is 5.94. The minimum atomic E-state index is -3.13. The van der Waals surface area contributed by atoms with Gasteiger partial charge < -0.3 is 10.1 Å². The van der Waals surface area contributed by atoms with Gasteiger partial charge in [-0.3, -0.25) is 0 Å². The van der Waals surface area contributed by atoms with Crippen LogP contribution < -0.4 is 5.32 Å². The molecule has 1 aliphatic heterocycles. The van der Waals surface area contributed by atoms with E-state index in [1.807, 2.05) is 12.1 Å². The summed E-state index contributed by atoms with van der Waals surface area (Å²) in [6, 6.07) is 8.08. The molecule has 1 heterocycles. The first-order valence-corrected chi connectivity index (χ1v) is 11.0. The summed E-state index contributed by atoms with van der Waals surface area (Å²) in [4.78, 5) is 0.388. The van der Waals surface area contributed by atoms with Gasteiger partial charge in [0.2, 0.25) is 0 Å². The highest BCUT2D eigenvalue weighted by Crippen LogP contribution is 2.61. The van der Waals surface area contributed by atoms with Crippen LogP contribution >= 0.6 is 0 Å². The van der Waals surface area contributed by atoms with Gasteiger partial charge in [-0.05, 0) is 43.9 Å². The third-order valence-electron chi connectivity index (χ3n) is 6.52. The molecule has 1 aromatic carbocycles. The average Bonchev–Trinajstić information content (AvgIpc) is 3.20. The van der Waals surface area contributed by atoms with Crippen molar-refractivity contribution < 1.29 is 13.2 Å². The van der Waals surface area contributed by atoms with Crippen LogP contribution in [0.2, 0.25) is 0 Å². The summed E-state index contributed by atoms with van der Waals surface area (Å²) in [7, 11) is -3.13. The molecule has 24 heavy (non-hydrogen) atoms. The molecule has 2 saturated carbocycles. The summed E-state index contributed by atoms with van der Waals surface area (Å²) in [5.74, 6) is 0.654. The summed E-state index contributed by atoms with van der Waals surface area (Å²) in [5.41, 5.74) is 1.50. The lowest BCUT2D eigenvalue weighted by Gasteiger charge is -2.57. The van der Waals surface area contributed by atoms with Crippen molar-refractivity contribution in [3.05, 3.63) is 29.8 Å². The van der Waals surface area contributed by atoms with E-state index in [2.05, 4.69) is 12.2 Å². The molecule has 0 unspecified atom stereocenters. The number of hydrogen-bond acceptors (Lipinski definition) is 4. The Morgan fingerprint density at radius 2 is 1.88 bits per heavy atom. The van der Waals surface area contributed by atoms with Gasteiger partial charge in [-0.25, -0.2) is 8.42 Å². The van der Waals surface area contributed by atoms with E-state index in [9.17, 15) is 8.42 Å². The van der Waals surface area contributed by atoms with Crippen LogP contribution in [0.1, 0.15) is 50.6 Å². The third kappa shape index (κ3) is 2.52.